The molecule has 3 rings (SSSR count). The van der Waals surface area contributed by atoms with Crippen LogP contribution in [-0.2, 0) is 0 Å². The number of aliphatic hydroxyl groups is 2. The first-order chi connectivity index (χ1) is 6.75. The van der Waals surface area contributed by atoms with Crippen LogP contribution in [0.3, 0.4) is 0 Å². The van der Waals surface area contributed by atoms with Gasteiger partial charge < -0.3 is 10.2 Å². The van der Waals surface area contributed by atoms with Gasteiger partial charge in [-0.1, -0.05) is 10.8 Å². The van der Waals surface area contributed by atoms with Crippen LogP contribution >= 0.6 is 21.6 Å². The molecule has 14 heavy (non-hydrogen) atoms. The van der Waals surface area contributed by atoms with E-state index in [1.165, 1.54) is 16.4 Å². The highest BCUT2D eigenvalue weighted by atomic mass is 33.1. The Morgan fingerprint density at radius 3 is 3.00 bits per heavy atom. The lowest BCUT2D eigenvalue weighted by atomic mass is 9.78. The highest BCUT2D eigenvalue weighted by molar-refractivity contribution is 8.78. The van der Waals surface area contributed by atoms with Crippen LogP contribution in [0, 0.1) is 11.8 Å². The second-order valence-electron chi connectivity index (χ2n) is 4.51. The zero-order chi connectivity index (χ0) is 9.71. The lowest BCUT2D eigenvalue weighted by Crippen LogP contribution is -2.29. The van der Waals surface area contributed by atoms with Gasteiger partial charge in [-0.3, -0.25) is 0 Å². The maximum absolute atomic E-state index is 9.82. The summed E-state index contributed by atoms with van der Waals surface area (Å²) in [6.07, 6.45) is 4.13. The Kier molecular flexibility index (Phi) is 2.26. The predicted molar refractivity (Wildman–Crippen MR) is 60.1 cm³/mol. The first-order valence-electron chi connectivity index (χ1n) is 5.19. The number of rotatable bonds is 0. The van der Waals surface area contributed by atoms with E-state index in [1.54, 1.807) is 10.8 Å². The van der Waals surface area contributed by atoms with E-state index in [0.29, 0.717) is 22.2 Å². The van der Waals surface area contributed by atoms with Crippen LogP contribution in [0.1, 0.15) is 25.7 Å². The summed E-state index contributed by atoms with van der Waals surface area (Å²) < 4.78 is 0. The number of hydrogen-bond donors (Lipinski definition) is 2. The van der Waals surface area contributed by atoms with Gasteiger partial charge in [-0.15, -0.1) is 0 Å². The van der Waals surface area contributed by atoms with Crippen LogP contribution in [0.25, 0.3) is 0 Å². The average Bonchev–Trinajstić information content (AvgIpc) is 2.71. The minimum Gasteiger partial charge on any atom is -0.502 e. The quantitative estimate of drug-likeness (QED) is 0.628. The Bertz CT molecular complexity index is 290. The lowest BCUT2D eigenvalue weighted by molar-refractivity contribution is 0.106. The summed E-state index contributed by atoms with van der Waals surface area (Å²) in [6.45, 7) is 0. The van der Waals surface area contributed by atoms with Crippen molar-refractivity contribution in [2.24, 2.45) is 11.8 Å². The van der Waals surface area contributed by atoms with E-state index in [2.05, 4.69) is 0 Å². The molecule has 78 valence electrons. The normalized spacial score (nSPS) is 46.6. The molecule has 1 aliphatic heterocycles. The molecule has 0 amide bonds. The summed E-state index contributed by atoms with van der Waals surface area (Å²) in [4.78, 5) is 0. The molecule has 0 aromatic carbocycles. The molecule has 2 nitrogen and oxygen atoms in total. The smallest absolute Gasteiger partial charge is 0.161 e. The summed E-state index contributed by atoms with van der Waals surface area (Å²) in [5.74, 6) is 1.14. The van der Waals surface area contributed by atoms with Crippen molar-refractivity contribution in [1.29, 1.82) is 0 Å². The zero-order valence-corrected chi connectivity index (χ0v) is 9.48. The van der Waals surface area contributed by atoms with Crippen LogP contribution in [0.2, 0.25) is 0 Å². The molecule has 0 radical (unpaired) electrons. The molecule has 0 aromatic rings. The zero-order valence-electron chi connectivity index (χ0n) is 7.85. The summed E-state index contributed by atoms with van der Waals surface area (Å²) in [5.41, 5.74) is 1.26. The van der Waals surface area contributed by atoms with E-state index < -0.39 is 0 Å². The Morgan fingerprint density at radius 1 is 1.29 bits per heavy atom. The van der Waals surface area contributed by atoms with E-state index in [0.717, 1.165) is 25.7 Å². The van der Waals surface area contributed by atoms with Gasteiger partial charge in [0.2, 0.25) is 0 Å². The van der Waals surface area contributed by atoms with Crippen LogP contribution in [0.15, 0.2) is 10.7 Å². The van der Waals surface area contributed by atoms with Gasteiger partial charge in [-0.25, -0.2) is 0 Å². The summed E-state index contributed by atoms with van der Waals surface area (Å²) in [6, 6.07) is 0. The molecule has 0 bridgehead atoms. The topological polar surface area (TPSA) is 40.5 Å². The first-order valence-corrected chi connectivity index (χ1v) is 7.40. The van der Waals surface area contributed by atoms with Gasteiger partial charge >= 0.3 is 0 Å². The number of fused-ring (bicyclic) bond motifs is 2. The van der Waals surface area contributed by atoms with Crippen LogP contribution in [0.4, 0.5) is 0 Å². The van der Waals surface area contributed by atoms with Crippen molar-refractivity contribution in [2.75, 3.05) is 0 Å². The molecule has 2 fully saturated rings. The molecular formula is C10H14O2S2. The molecule has 2 N–H and O–H groups in total. The van der Waals surface area contributed by atoms with Crippen LogP contribution in [-0.4, -0.2) is 21.6 Å². The standard InChI is InChI=1S/C10H14O2S2/c11-8-2-1-5-3-7-9(4-6(5)8)13-14-10(7)12/h5-6,8-9,11-12H,1-4H2. The average molecular weight is 230 g/mol. The van der Waals surface area contributed by atoms with Crippen molar-refractivity contribution in [3.05, 3.63) is 10.7 Å². The lowest BCUT2D eigenvalue weighted by Gasteiger charge is -2.31. The Balaban J connectivity index is 1.85. The van der Waals surface area contributed by atoms with Crippen molar-refractivity contribution in [2.45, 2.75) is 37.0 Å². The second kappa shape index (κ2) is 3.35. The van der Waals surface area contributed by atoms with Crippen LogP contribution in [0.5, 0.6) is 0 Å². The molecule has 4 heteroatoms. The molecular weight excluding hydrogens is 216 g/mol. The van der Waals surface area contributed by atoms with Crippen LogP contribution < -0.4 is 0 Å². The third-order valence-electron chi connectivity index (χ3n) is 3.81. The highest BCUT2D eigenvalue weighted by Gasteiger charge is 2.44. The third-order valence-corrected chi connectivity index (χ3v) is 6.49. The van der Waals surface area contributed by atoms with E-state index >= 15 is 0 Å². The van der Waals surface area contributed by atoms with Crippen molar-refractivity contribution < 1.29 is 10.2 Å². The fourth-order valence-electron chi connectivity index (χ4n) is 3.01. The third kappa shape index (κ3) is 1.31. The summed E-state index contributed by atoms with van der Waals surface area (Å²) in [7, 11) is 3.28. The van der Waals surface area contributed by atoms with E-state index in [-0.39, 0.29) is 6.10 Å². The maximum atomic E-state index is 9.82. The van der Waals surface area contributed by atoms with E-state index in [1.807, 2.05) is 0 Å². The predicted octanol–water partition coefficient (Wildman–Crippen LogP) is 2.70. The van der Waals surface area contributed by atoms with Crippen molar-refractivity contribution in [3.63, 3.8) is 0 Å². The van der Waals surface area contributed by atoms with Gasteiger partial charge in [-0.2, -0.15) is 0 Å². The van der Waals surface area contributed by atoms with E-state index in [9.17, 15) is 10.2 Å². The molecule has 0 spiro atoms. The molecule has 4 atom stereocenters. The molecule has 2 saturated carbocycles. The minimum atomic E-state index is -0.0742. The molecule has 0 aromatic heterocycles. The monoisotopic (exact) mass is 230 g/mol. The first kappa shape index (κ1) is 9.43. The summed E-state index contributed by atoms with van der Waals surface area (Å²) in [5, 5.41) is 20.5. The van der Waals surface area contributed by atoms with Gasteiger partial charge in [0, 0.05) is 5.25 Å². The molecule has 1 heterocycles. The highest BCUT2D eigenvalue weighted by Crippen LogP contribution is 2.56. The fraction of sp³-hybridized carbons (Fsp3) is 0.800. The van der Waals surface area contributed by atoms with Gasteiger partial charge in [-0.05, 0) is 53.9 Å². The number of hydrogen-bond acceptors (Lipinski definition) is 4. The Morgan fingerprint density at radius 2 is 2.14 bits per heavy atom. The van der Waals surface area contributed by atoms with Gasteiger partial charge in [0.1, 0.15) is 0 Å². The maximum Gasteiger partial charge on any atom is 0.161 e. The second-order valence-corrected chi connectivity index (χ2v) is 6.90. The van der Waals surface area contributed by atoms with Gasteiger partial charge in [0.15, 0.2) is 5.09 Å². The molecule has 4 unspecified atom stereocenters. The SMILES string of the molecule is OC1=C2CC3CCC(O)C3CC2SS1. The summed E-state index contributed by atoms with van der Waals surface area (Å²) >= 11 is 0. The van der Waals surface area contributed by atoms with Gasteiger partial charge in [0.25, 0.3) is 0 Å². The molecule has 0 saturated heterocycles. The van der Waals surface area contributed by atoms with Crippen molar-refractivity contribution in [1.82, 2.24) is 0 Å². The largest absolute Gasteiger partial charge is 0.502 e. The molecule has 3 aliphatic rings. The minimum absolute atomic E-state index is 0.0742. The Hall–Kier alpha value is 0.200. The number of aliphatic hydroxyl groups excluding tert-OH is 2. The fourth-order valence-corrected chi connectivity index (χ4v) is 5.78. The van der Waals surface area contributed by atoms with Gasteiger partial charge in [0.05, 0.1) is 6.10 Å². The van der Waals surface area contributed by atoms with Crippen molar-refractivity contribution >= 4 is 21.6 Å². The Labute approximate surface area is 91.6 Å². The van der Waals surface area contributed by atoms with E-state index in [4.69, 9.17) is 0 Å². The van der Waals surface area contributed by atoms with Crippen molar-refractivity contribution in [3.8, 4) is 0 Å². The molecule has 2 aliphatic carbocycles.